The van der Waals surface area contributed by atoms with Crippen molar-refractivity contribution >= 4 is 17.2 Å². The molecule has 154 valence electrons. The Morgan fingerprint density at radius 2 is 1.89 bits per heavy atom. The lowest BCUT2D eigenvalue weighted by molar-refractivity contribution is -0.131. The zero-order chi connectivity index (χ0) is 20.4. The second kappa shape index (κ2) is 11.5. The van der Waals surface area contributed by atoms with Gasteiger partial charge in [-0.2, -0.15) is 0 Å². The minimum absolute atomic E-state index is 0.112. The first-order chi connectivity index (χ1) is 13.6. The Balaban J connectivity index is 2.01. The second-order valence-corrected chi connectivity index (χ2v) is 6.97. The van der Waals surface area contributed by atoms with E-state index in [1.165, 1.54) is 11.3 Å². The standard InChI is InChI=1S/C20H28N2O5S/c1-5-19(23)22(10-7-11-24-2)12-15-14-28-18(21-15)13-27-20-16(25-3)8-6-9-17(20)26-4/h6,8-9,14H,5,7,10-13H2,1-4H3. The molecule has 0 spiro atoms. The first kappa shape index (κ1) is 22.0. The normalized spacial score (nSPS) is 10.6. The number of thiazole rings is 1. The third-order valence-corrected chi connectivity index (χ3v) is 4.98. The van der Waals surface area contributed by atoms with Crippen LogP contribution in [0.1, 0.15) is 30.5 Å². The summed E-state index contributed by atoms with van der Waals surface area (Å²) in [7, 11) is 4.84. The molecule has 0 fully saturated rings. The van der Waals surface area contributed by atoms with Gasteiger partial charge in [-0.1, -0.05) is 13.0 Å². The number of aromatic nitrogens is 1. The summed E-state index contributed by atoms with van der Waals surface area (Å²) in [6.07, 6.45) is 1.27. The van der Waals surface area contributed by atoms with Crippen molar-refractivity contribution in [2.45, 2.75) is 32.9 Å². The van der Waals surface area contributed by atoms with Gasteiger partial charge in [-0.15, -0.1) is 11.3 Å². The van der Waals surface area contributed by atoms with Crippen LogP contribution in [0.4, 0.5) is 0 Å². The summed E-state index contributed by atoms with van der Waals surface area (Å²) in [4.78, 5) is 18.6. The van der Waals surface area contributed by atoms with Gasteiger partial charge in [-0.3, -0.25) is 4.79 Å². The molecule has 0 saturated carbocycles. The van der Waals surface area contributed by atoms with E-state index in [1.807, 2.05) is 35.4 Å². The van der Waals surface area contributed by atoms with Crippen molar-refractivity contribution in [3.05, 3.63) is 34.3 Å². The quantitative estimate of drug-likeness (QED) is 0.501. The van der Waals surface area contributed by atoms with Crippen LogP contribution < -0.4 is 14.2 Å². The van der Waals surface area contributed by atoms with Gasteiger partial charge in [-0.05, 0) is 18.6 Å². The largest absolute Gasteiger partial charge is 0.493 e. The molecule has 1 amide bonds. The molecule has 0 aliphatic heterocycles. The zero-order valence-electron chi connectivity index (χ0n) is 16.9. The van der Waals surface area contributed by atoms with E-state index in [2.05, 4.69) is 4.98 Å². The van der Waals surface area contributed by atoms with Gasteiger partial charge in [0.25, 0.3) is 0 Å². The fourth-order valence-corrected chi connectivity index (χ4v) is 3.39. The number of hydrogen-bond acceptors (Lipinski definition) is 7. The van der Waals surface area contributed by atoms with E-state index in [0.717, 1.165) is 17.1 Å². The summed E-state index contributed by atoms with van der Waals surface area (Å²) < 4.78 is 21.7. The zero-order valence-corrected chi connectivity index (χ0v) is 17.7. The Hall–Kier alpha value is -2.32. The van der Waals surface area contributed by atoms with E-state index in [4.69, 9.17) is 18.9 Å². The van der Waals surface area contributed by atoms with Crippen LogP contribution in [0, 0.1) is 0 Å². The van der Waals surface area contributed by atoms with E-state index in [0.29, 0.717) is 50.0 Å². The molecule has 0 N–H and O–H groups in total. The molecule has 0 saturated heterocycles. The van der Waals surface area contributed by atoms with Crippen LogP contribution in [-0.4, -0.2) is 50.3 Å². The van der Waals surface area contributed by atoms with E-state index in [-0.39, 0.29) is 5.91 Å². The molecule has 0 aliphatic rings. The first-order valence-corrected chi connectivity index (χ1v) is 10.0. The van der Waals surface area contributed by atoms with Crippen molar-refractivity contribution in [3.63, 3.8) is 0 Å². The summed E-state index contributed by atoms with van der Waals surface area (Å²) in [6, 6.07) is 5.48. The third-order valence-electron chi connectivity index (χ3n) is 4.11. The van der Waals surface area contributed by atoms with Crippen molar-refractivity contribution in [1.29, 1.82) is 0 Å². The number of carbonyl (C=O) groups is 1. The predicted octanol–water partition coefficient (Wildman–Crippen LogP) is 3.51. The molecule has 0 atom stereocenters. The molecule has 0 radical (unpaired) electrons. The number of benzene rings is 1. The van der Waals surface area contributed by atoms with Gasteiger partial charge >= 0.3 is 0 Å². The Bertz CT molecular complexity index is 728. The molecule has 1 aromatic carbocycles. The highest BCUT2D eigenvalue weighted by Crippen LogP contribution is 2.37. The van der Waals surface area contributed by atoms with Gasteiger partial charge in [0, 0.05) is 32.1 Å². The van der Waals surface area contributed by atoms with Gasteiger partial charge in [0.15, 0.2) is 11.5 Å². The van der Waals surface area contributed by atoms with Crippen LogP contribution >= 0.6 is 11.3 Å². The smallest absolute Gasteiger partial charge is 0.222 e. The highest BCUT2D eigenvalue weighted by molar-refractivity contribution is 7.09. The van der Waals surface area contributed by atoms with Gasteiger partial charge in [0.05, 0.1) is 26.5 Å². The molecule has 7 nitrogen and oxygen atoms in total. The Morgan fingerprint density at radius 1 is 1.18 bits per heavy atom. The number of ether oxygens (including phenoxy) is 4. The van der Waals surface area contributed by atoms with Crippen molar-refractivity contribution in [1.82, 2.24) is 9.88 Å². The minimum atomic E-state index is 0.112. The van der Waals surface area contributed by atoms with Gasteiger partial charge < -0.3 is 23.8 Å². The number of rotatable bonds is 12. The fourth-order valence-electron chi connectivity index (χ4n) is 2.69. The highest BCUT2D eigenvalue weighted by atomic mass is 32.1. The average Bonchev–Trinajstić information content (AvgIpc) is 3.18. The molecule has 8 heteroatoms. The van der Waals surface area contributed by atoms with Crippen LogP contribution in [0.25, 0.3) is 0 Å². The van der Waals surface area contributed by atoms with Crippen molar-refractivity contribution in [2.75, 3.05) is 34.5 Å². The van der Waals surface area contributed by atoms with Crippen LogP contribution in [0.3, 0.4) is 0 Å². The molecule has 1 aromatic heterocycles. The molecule has 2 aromatic rings. The van der Waals surface area contributed by atoms with Crippen LogP contribution in [-0.2, 0) is 22.7 Å². The minimum Gasteiger partial charge on any atom is -0.493 e. The molecule has 0 aliphatic carbocycles. The average molecular weight is 409 g/mol. The predicted molar refractivity (Wildman–Crippen MR) is 108 cm³/mol. The molecular weight excluding hydrogens is 380 g/mol. The van der Waals surface area contributed by atoms with Gasteiger partial charge in [-0.25, -0.2) is 4.98 Å². The number of para-hydroxylation sites is 1. The number of nitrogens with zero attached hydrogens (tertiary/aromatic N) is 2. The summed E-state index contributed by atoms with van der Waals surface area (Å²) >= 11 is 1.50. The van der Waals surface area contributed by atoms with Crippen LogP contribution in [0.5, 0.6) is 17.2 Å². The van der Waals surface area contributed by atoms with E-state index in [1.54, 1.807) is 21.3 Å². The highest BCUT2D eigenvalue weighted by Gasteiger charge is 2.15. The second-order valence-electron chi connectivity index (χ2n) is 6.03. The summed E-state index contributed by atoms with van der Waals surface area (Å²) in [5.74, 6) is 1.87. The van der Waals surface area contributed by atoms with Crippen molar-refractivity contribution in [2.24, 2.45) is 0 Å². The van der Waals surface area contributed by atoms with E-state index in [9.17, 15) is 4.79 Å². The SMILES string of the molecule is CCC(=O)N(CCCOC)Cc1csc(COc2c(OC)cccc2OC)n1. The molecular formula is C20H28N2O5S. The summed E-state index contributed by atoms with van der Waals surface area (Å²) in [5.41, 5.74) is 0.856. The fraction of sp³-hybridized carbons (Fsp3) is 0.500. The number of amides is 1. The first-order valence-electron chi connectivity index (χ1n) is 9.16. The summed E-state index contributed by atoms with van der Waals surface area (Å²) in [6.45, 7) is 3.94. The topological polar surface area (TPSA) is 70.1 Å². The lowest BCUT2D eigenvalue weighted by atomic mass is 10.3. The number of hydrogen-bond donors (Lipinski definition) is 0. The maximum absolute atomic E-state index is 12.2. The van der Waals surface area contributed by atoms with Crippen molar-refractivity contribution < 1.29 is 23.7 Å². The van der Waals surface area contributed by atoms with Crippen LogP contribution in [0.2, 0.25) is 0 Å². The molecule has 1 heterocycles. The molecule has 28 heavy (non-hydrogen) atoms. The van der Waals surface area contributed by atoms with Crippen molar-refractivity contribution in [3.8, 4) is 17.2 Å². The summed E-state index contributed by atoms with van der Waals surface area (Å²) in [5, 5.41) is 2.79. The Kier molecular flexibility index (Phi) is 9.03. The molecule has 0 unspecified atom stereocenters. The molecule has 2 rings (SSSR count). The van der Waals surface area contributed by atoms with Gasteiger partial charge in [0.1, 0.15) is 11.6 Å². The van der Waals surface area contributed by atoms with E-state index >= 15 is 0 Å². The third kappa shape index (κ3) is 6.10. The maximum Gasteiger partial charge on any atom is 0.222 e. The number of carbonyl (C=O) groups excluding carboxylic acids is 1. The lowest BCUT2D eigenvalue weighted by Crippen LogP contribution is -2.31. The Labute approximate surface area is 170 Å². The van der Waals surface area contributed by atoms with E-state index < -0.39 is 0 Å². The monoisotopic (exact) mass is 408 g/mol. The van der Waals surface area contributed by atoms with Crippen LogP contribution in [0.15, 0.2) is 23.6 Å². The molecule has 0 bridgehead atoms. The maximum atomic E-state index is 12.2. The lowest BCUT2D eigenvalue weighted by Gasteiger charge is -2.21. The Morgan fingerprint density at radius 3 is 2.50 bits per heavy atom. The number of methoxy groups -OCH3 is 3. The van der Waals surface area contributed by atoms with Gasteiger partial charge in [0.2, 0.25) is 11.7 Å².